The Labute approximate surface area is 87.2 Å². The Balaban J connectivity index is 2.05. The molecule has 0 aromatic carbocycles. The summed E-state index contributed by atoms with van der Waals surface area (Å²) in [5, 5.41) is 3.72. The highest BCUT2D eigenvalue weighted by molar-refractivity contribution is 5.88. The lowest BCUT2D eigenvalue weighted by molar-refractivity contribution is -0.159. The number of esters is 2. The number of ether oxygens (including phenoxy) is 2. The van der Waals surface area contributed by atoms with Crippen LogP contribution in [0.3, 0.4) is 0 Å². The van der Waals surface area contributed by atoms with Gasteiger partial charge in [0.2, 0.25) is 6.61 Å². The van der Waals surface area contributed by atoms with E-state index >= 15 is 0 Å². The maximum atomic E-state index is 10.9. The third-order valence-corrected chi connectivity index (χ3v) is 1.89. The van der Waals surface area contributed by atoms with Crippen molar-refractivity contribution in [3.05, 3.63) is 0 Å². The maximum absolute atomic E-state index is 10.9. The van der Waals surface area contributed by atoms with E-state index in [2.05, 4.69) is 14.6 Å². The number of carbonyl (C=O) groups excluding carboxylic acids is 2. The number of carbonyl (C=O) groups is 2. The molecule has 1 aliphatic rings. The van der Waals surface area contributed by atoms with Gasteiger partial charge < -0.3 is 14.3 Å². The third-order valence-electron chi connectivity index (χ3n) is 1.89. The molecule has 0 N–H and O–H groups in total. The molecule has 1 fully saturated rings. The van der Waals surface area contributed by atoms with Crippen LogP contribution in [0.1, 0.15) is 19.3 Å². The lowest BCUT2D eigenvalue weighted by atomic mass is 9.98. The number of methoxy groups -OCH3 is 1. The molecule has 15 heavy (non-hydrogen) atoms. The molecule has 0 aromatic rings. The largest absolute Gasteiger partial charge is 0.466 e. The molecule has 1 rings (SSSR count). The fourth-order valence-corrected chi connectivity index (χ4v) is 0.842. The van der Waals surface area contributed by atoms with E-state index in [4.69, 9.17) is 4.84 Å². The van der Waals surface area contributed by atoms with E-state index in [-0.39, 0.29) is 6.61 Å². The fourth-order valence-electron chi connectivity index (χ4n) is 0.842. The normalized spacial score (nSPS) is 13.8. The topological polar surface area (TPSA) is 74.2 Å². The third kappa shape index (κ3) is 4.44. The van der Waals surface area contributed by atoms with Gasteiger partial charge in [-0.05, 0) is 19.3 Å². The van der Waals surface area contributed by atoms with E-state index in [0.717, 1.165) is 25.0 Å². The molecule has 84 valence electrons. The first-order valence-corrected chi connectivity index (χ1v) is 4.62. The minimum Gasteiger partial charge on any atom is -0.466 e. The van der Waals surface area contributed by atoms with E-state index in [0.29, 0.717) is 0 Å². The average Bonchev–Trinajstić information content (AvgIpc) is 2.18. The lowest BCUT2D eigenvalue weighted by Gasteiger charge is -2.12. The Morgan fingerprint density at radius 3 is 2.53 bits per heavy atom. The monoisotopic (exact) mass is 215 g/mol. The van der Waals surface area contributed by atoms with E-state index in [1.165, 1.54) is 7.11 Å². The van der Waals surface area contributed by atoms with Gasteiger partial charge in [-0.25, -0.2) is 9.59 Å². The second kappa shape index (κ2) is 6.00. The van der Waals surface area contributed by atoms with Crippen LogP contribution >= 0.6 is 0 Å². The minimum absolute atomic E-state index is 0.277. The van der Waals surface area contributed by atoms with Crippen molar-refractivity contribution in [2.75, 3.05) is 20.3 Å². The first kappa shape index (κ1) is 11.5. The van der Waals surface area contributed by atoms with Crippen LogP contribution in [0.15, 0.2) is 5.16 Å². The van der Waals surface area contributed by atoms with Gasteiger partial charge in [-0.3, -0.25) is 0 Å². The highest BCUT2D eigenvalue weighted by atomic mass is 16.7. The molecular formula is C9H13NO5. The van der Waals surface area contributed by atoms with Crippen molar-refractivity contribution in [2.45, 2.75) is 19.3 Å². The van der Waals surface area contributed by atoms with Crippen LogP contribution in [0.5, 0.6) is 0 Å². The number of oxime groups is 1. The van der Waals surface area contributed by atoms with Crippen molar-refractivity contribution in [3.8, 4) is 0 Å². The molecule has 0 saturated heterocycles. The zero-order valence-corrected chi connectivity index (χ0v) is 8.52. The van der Waals surface area contributed by atoms with Crippen LogP contribution in [0, 0.1) is 0 Å². The lowest BCUT2D eigenvalue weighted by Crippen LogP contribution is -2.18. The van der Waals surface area contributed by atoms with Gasteiger partial charge in [0.25, 0.3) is 0 Å². The molecule has 0 radical (unpaired) electrons. The molecule has 0 aromatic heterocycles. The van der Waals surface area contributed by atoms with Crippen LogP contribution < -0.4 is 0 Å². The first-order valence-electron chi connectivity index (χ1n) is 4.62. The Hall–Kier alpha value is -1.59. The smallest absolute Gasteiger partial charge is 0.347 e. The second-order valence-corrected chi connectivity index (χ2v) is 3.02. The number of rotatable bonds is 5. The molecule has 1 aliphatic carbocycles. The number of hydrogen-bond acceptors (Lipinski definition) is 6. The van der Waals surface area contributed by atoms with Gasteiger partial charge in [0.15, 0.2) is 6.61 Å². The van der Waals surface area contributed by atoms with Gasteiger partial charge in [-0.1, -0.05) is 5.16 Å². The Kier molecular flexibility index (Phi) is 4.59. The van der Waals surface area contributed by atoms with Gasteiger partial charge in [-0.2, -0.15) is 0 Å². The molecule has 0 unspecified atom stereocenters. The highest BCUT2D eigenvalue weighted by Gasteiger charge is 2.12. The summed E-state index contributed by atoms with van der Waals surface area (Å²) in [6.07, 6.45) is 2.98. The summed E-state index contributed by atoms with van der Waals surface area (Å²) in [5.41, 5.74) is 0.954. The minimum atomic E-state index is -0.635. The van der Waals surface area contributed by atoms with E-state index in [1.54, 1.807) is 0 Å². The summed E-state index contributed by atoms with van der Waals surface area (Å²) in [5.74, 6) is -1.24. The van der Waals surface area contributed by atoms with Crippen LogP contribution in [0.25, 0.3) is 0 Å². The second-order valence-electron chi connectivity index (χ2n) is 3.02. The Morgan fingerprint density at radius 1 is 1.27 bits per heavy atom. The summed E-state index contributed by atoms with van der Waals surface area (Å²) in [7, 11) is 1.22. The molecule has 6 heteroatoms. The predicted octanol–water partition coefficient (Wildman–Crippen LogP) is 0.259. The van der Waals surface area contributed by atoms with Crippen LogP contribution in [-0.2, 0) is 23.9 Å². The zero-order chi connectivity index (χ0) is 11.1. The van der Waals surface area contributed by atoms with Crippen molar-refractivity contribution >= 4 is 17.7 Å². The predicted molar refractivity (Wildman–Crippen MR) is 50.2 cm³/mol. The van der Waals surface area contributed by atoms with E-state index in [1.807, 2.05) is 0 Å². The summed E-state index contributed by atoms with van der Waals surface area (Å²) in [6.45, 7) is -0.671. The van der Waals surface area contributed by atoms with Crippen molar-refractivity contribution in [3.63, 3.8) is 0 Å². The van der Waals surface area contributed by atoms with Gasteiger partial charge in [0.05, 0.1) is 12.8 Å². The fraction of sp³-hybridized carbons (Fsp3) is 0.667. The standard InChI is InChI=1S/C9H13NO5/c1-13-8(11)5-14-9(12)6-15-10-7-3-2-4-7/h2-6H2,1H3. The summed E-state index contributed by atoms with van der Waals surface area (Å²) < 4.78 is 8.81. The number of nitrogens with zero attached hydrogens (tertiary/aromatic N) is 1. The maximum Gasteiger partial charge on any atom is 0.347 e. The summed E-state index contributed by atoms with van der Waals surface area (Å²) >= 11 is 0. The Morgan fingerprint density at radius 2 is 2.00 bits per heavy atom. The van der Waals surface area contributed by atoms with E-state index in [9.17, 15) is 9.59 Å². The number of hydrogen-bond donors (Lipinski definition) is 0. The molecule has 0 spiro atoms. The summed E-state index contributed by atoms with van der Waals surface area (Å²) in [4.78, 5) is 26.2. The van der Waals surface area contributed by atoms with Crippen molar-refractivity contribution in [1.29, 1.82) is 0 Å². The Bertz CT molecular complexity index is 268. The molecule has 1 saturated carbocycles. The molecule has 0 atom stereocenters. The van der Waals surface area contributed by atoms with Crippen molar-refractivity contribution in [2.24, 2.45) is 5.16 Å². The quantitative estimate of drug-likeness (QED) is 0.485. The van der Waals surface area contributed by atoms with Crippen molar-refractivity contribution < 1.29 is 23.9 Å². The van der Waals surface area contributed by atoms with E-state index < -0.39 is 18.5 Å². The zero-order valence-electron chi connectivity index (χ0n) is 8.52. The van der Waals surface area contributed by atoms with Crippen LogP contribution in [0.2, 0.25) is 0 Å². The van der Waals surface area contributed by atoms with Crippen LogP contribution in [-0.4, -0.2) is 38.0 Å². The highest BCUT2D eigenvalue weighted by Crippen LogP contribution is 2.14. The van der Waals surface area contributed by atoms with Gasteiger partial charge >= 0.3 is 11.9 Å². The average molecular weight is 215 g/mol. The van der Waals surface area contributed by atoms with Crippen LogP contribution in [0.4, 0.5) is 0 Å². The van der Waals surface area contributed by atoms with Gasteiger partial charge in [0, 0.05) is 0 Å². The first-order chi connectivity index (χ1) is 7.22. The molecule has 0 bridgehead atoms. The molecular weight excluding hydrogens is 202 g/mol. The molecule has 0 aliphatic heterocycles. The molecule has 0 amide bonds. The molecule has 0 heterocycles. The van der Waals surface area contributed by atoms with Crippen molar-refractivity contribution in [1.82, 2.24) is 0 Å². The van der Waals surface area contributed by atoms with Gasteiger partial charge in [-0.15, -0.1) is 0 Å². The molecule has 6 nitrogen and oxygen atoms in total. The van der Waals surface area contributed by atoms with Gasteiger partial charge in [0.1, 0.15) is 0 Å². The summed E-state index contributed by atoms with van der Waals surface area (Å²) in [6, 6.07) is 0. The SMILES string of the molecule is COC(=O)COC(=O)CON=C1CCC1.